The second-order valence-corrected chi connectivity index (χ2v) is 6.87. The van der Waals surface area contributed by atoms with Crippen LogP contribution in [0.4, 0.5) is 0 Å². The minimum absolute atomic E-state index is 0.105. The Morgan fingerprint density at radius 1 is 1.16 bits per heavy atom. The van der Waals surface area contributed by atoms with E-state index < -0.39 is 5.60 Å². The van der Waals surface area contributed by atoms with Crippen molar-refractivity contribution >= 4 is 0 Å². The maximum atomic E-state index is 10.8. The normalized spacial score (nSPS) is 42.0. The van der Waals surface area contributed by atoms with Crippen LogP contribution in [0.5, 0.6) is 0 Å². The lowest BCUT2D eigenvalue weighted by molar-refractivity contribution is -0.209. The molecule has 3 aliphatic rings. The second kappa shape index (κ2) is 5.34. The smallest absolute Gasteiger partial charge is 0.0727 e. The lowest BCUT2D eigenvalue weighted by atomic mass is 9.63. The summed E-state index contributed by atoms with van der Waals surface area (Å²) in [4.78, 5) is 0. The minimum Gasteiger partial charge on any atom is -0.389 e. The van der Waals surface area contributed by atoms with Crippen LogP contribution < -0.4 is 0 Å². The summed E-state index contributed by atoms with van der Waals surface area (Å²) >= 11 is 0. The van der Waals surface area contributed by atoms with Crippen LogP contribution in [0.15, 0.2) is 0 Å². The SMILES string of the molecule is CCOC1CC(O)(C2CCOC3(CCCCC3)C2)C1. The molecule has 0 radical (unpaired) electrons. The van der Waals surface area contributed by atoms with Crippen LogP contribution >= 0.6 is 0 Å². The Balaban J connectivity index is 1.59. The van der Waals surface area contributed by atoms with Crippen LogP contribution in [0.25, 0.3) is 0 Å². The summed E-state index contributed by atoms with van der Waals surface area (Å²) in [5.74, 6) is 0.427. The van der Waals surface area contributed by atoms with Gasteiger partial charge in [-0.2, -0.15) is 0 Å². The van der Waals surface area contributed by atoms with E-state index in [9.17, 15) is 5.11 Å². The summed E-state index contributed by atoms with van der Waals surface area (Å²) < 4.78 is 11.7. The van der Waals surface area contributed by atoms with Crippen molar-refractivity contribution in [1.29, 1.82) is 0 Å². The first-order valence-corrected chi connectivity index (χ1v) is 8.14. The van der Waals surface area contributed by atoms with E-state index in [4.69, 9.17) is 9.47 Å². The summed E-state index contributed by atoms with van der Waals surface area (Å²) in [5.41, 5.74) is -0.359. The molecule has 1 saturated heterocycles. The molecule has 0 amide bonds. The molecule has 0 aromatic rings. The van der Waals surface area contributed by atoms with E-state index in [1.165, 1.54) is 32.1 Å². The standard InChI is InChI=1S/C16H28O3/c1-2-18-14-11-16(17,12-14)13-6-9-19-15(10-13)7-4-3-5-8-15/h13-14,17H,2-12H2,1H3. The lowest BCUT2D eigenvalue weighted by Crippen LogP contribution is -2.57. The van der Waals surface area contributed by atoms with Gasteiger partial charge in [-0.1, -0.05) is 19.3 Å². The number of rotatable bonds is 3. The zero-order chi connectivity index (χ0) is 13.3. The molecule has 19 heavy (non-hydrogen) atoms. The monoisotopic (exact) mass is 268 g/mol. The van der Waals surface area contributed by atoms with E-state index in [2.05, 4.69) is 0 Å². The first-order valence-electron chi connectivity index (χ1n) is 8.14. The first-order chi connectivity index (χ1) is 9.16. The third-order valence-electron chi connectivity index (χ3n) is 5.58. The van der Waals surface area contributed by atoms with Gasteiger partial charge in [0.15, 0.2) is 0 Å². The highest BCUT2D eigenvalue weighted by molar-refractivity contribution is 5.04. The molecule has 0 bridgehead atoms. The Morgan fingerprint density at radius 2 is 1.89 bits per heavy atom. The molecule has 2 aliphatic carbocycles. The fraction of sp³-hybridized carbons (Fsp3) is 1.00. The minimum atomic E-state index is -0.464. The highest BCUT2D eigenvalue weighted by atomic mass is 16.5. The number of hydrogen-bond donors (Lipinski definition) is 1. The highest BCUT2D eigenvalue weighted by Crippen LogP contribution is 2.49. The zero-order valence-corrected chi connectivity index (χ0v) is 12.2. The number of aliphatic hydroxyl groups is 1. The van der Waals surface area contributed by atoms with Crippen molar-refractivity contribution < 1.29 is 14.6 Å². The maximum absolute atomic E-state index is 10.8. The van der Waals surface area contributed by atoms with Crippen LogP contribution in [0, 0.1) is 5.92 Å². The molecule has 0 aromatic heterocycles. The summed E-state index contributed by atoms with van der Waals surface area (Å²) in [6.07, 6.45) is 10.4. The molecule has 1 aliphatic heterocycles. The van der Waals surface area contributed by atoms with E-state index in [0.717, 1.165) is 38.9 Å². The van der Waals surface area contributed by atoms with Gasteiger partial charge in [0.2, 0.25) is 0 Å². The van der Waals surface area contributed by atoms with Crippen LogP contribution in [0.1, 0.15) is 64.7 Å². The molecule has 110 valence electrons. The zero-order valence-electron chi connectivity index (χ0n) is 12.2. The van der Waals surface area contributed by atoms with E-state index in [-0.39, 0.29) is 5.60 Å². The van der Waals surface area contributed by atoms with E-state index >= 15 is 0 Å². The Bertz CT molecular complexity index is 298. The van der Waals surface area contributed by atoms with Crippen molar-refractivity contribution in [2.45, 2.75) is 82.0 Å². The Morgan fingerprint density at radius 3 is 2.58 bits per heavy atom. The van der Waals surface area contributed by atoms with Crippen LogP contribution in [-0.2, 0) is 9.47 Å². The topological polar surface area (TPSA) is 38.7 Å². The van der Waals surface area contributed by atoms with Crippen molar-refractivity contribution in [2.75, 3.05) is 13.2 Å². The van der Waals surface area contributed by atoms with Crippen molar-refractivity contribution in [2.24, 2.45) is 5.92 Å². The van der Waals surface area contributed by atoms with Gasteiger partial charge in [0, 0.05) is 26.1 Å². The van der Waals surface area contributed by atoms with Gasteiger partial charge in [-0.05, 0) is 38.5 Å². The molecule has 3 nitrogen and oxygen atoms in total. The van der Waals surface area contributed by atoms with E-state index in [1.807, 2.05) is 6.92 Å². The average molecular weight is 268 g/mol. The van der Waals surface area contributed by atoms with E-state index in [1.54, 1.807) is 0 Å². The van der Waals surface area contributed by atoms with Gasteiger partial charge in [0.05, 0.1) is 17.3 Å². The molecule has 3 rings (SSSR count). The fourth-order valence-electron chi connectivity index (χ4n) is 4.45. The number of ether oxygens (including phenoxy) is 2. The molecule has 3 fully saturated rings. The second-order valence-electron chi connectivity index (χ2n) is 6.87. The summed E-state index contributed by atoms with van der Waals surface area (Å²) in [6.45, 7) is 3.63. The van der Waals surface area contributed by atoms with Crippen molar-refractivity contribution in [3.63, 3.8) is 0 Å². The molecule has 1 atom stereocenters. The summed E-state index contributed by atoms with van der Waals surface area (Å²) in [5, 5.41) is 10.8. The van der Waals surface area contributed by atoms with Crippen molar-refractivity contribution in [3.8, 4) is 0 Å². The van der Waals surface area contributed by atoms with Gasteiger partial charge in [-0.15, -0.1) is 0 Å². The first kappa shape index (κ1) is 13.8. The fourth-order valence-corrected chi connectivity index (χ4v) is 4.45. The van der Waals surface area contributed by atoms with Crippen LogP contribution in [0.3, 0.4) is 0 Å². The molecular weight excluding hydrogens is 240 g/mol. The molecule has 0 aromatic carbocycles. The van der Waals surface area contributed by atoms with Gasteiger partial charge in [-0.3, -0.25) is 0 Å². The molecule has 1 spiro atoms. The van der Waals surface area contributed by atoms with Crippen LogP contribution in [-0.4, -0.2) is 35.6 Å². The third-order valence-corrected chi connectivity index (χ3v) is 5.58. The summed E-state index contributed by atoms with van der Waals surface area (Å²) in [7, 11) is 0. The molecule has 1 heterocycles. The van der Waals surface area contributed by atoms with Gasteiger partial charge < -0.3 is 14.6 Å². The highest BCUT2D eigenvalue weighted by Gasteiger charge is 2.52. The predicted molar refractivity (Wildman–Crippen MR) is 74.1 cm³/mol. The molecular formula is C16H28O3. The summed E-state index contributed by atoms with van der Waals surface area (Å²) in [6, 6.07) is 0. The van der Waals surface area contributed by atoms with Gasteiger partial charge in [0.1, 0.15) is 0 Å². The van der Waals surface area contributed by atoms with Crippen molar-refractivity contribution in [3.05, 3.63) is 0 Å². The van der Waals surface area contributed by atoms with Gasteiger partial charge in [0.25, 0.3) is 0 Å². The maximum Gasteiger partial charge on any atom is 0.0727 e. The van der Waals surface area contributed by atoms with Crippen molar-refractivity contribution in [1.82, 2.24) is 0 Å². The van der Waals surface area contributed by atoms with Gasteiger partial charge in [-0.25, -0.2) is 0 Å². The molecule has 3 heteroatoms. The molecule has 1 N–H and O–H groups in total. The third kappa shape index (κ3) is 2.70. The van der Waals surface area contributed by atoms with Gasteiger partial charge >= 0.3 is 0 Å². The Labute approximate surface area is 116 Å². The van der Waals surface area contributed by atoms with Crippen LogP contribution in [0.2, 0.25) is 0 Å². The number of hydrogen-bond acceptors (Lipinski definition) is 3. The lowest BCUT2D eigenvalue weighted by Gasteiger charge is -2.53. The quantitative estimate of drug-likeness (QED) is 0.855. The Hall–Kier alpha value is -0.120. The average Bonchev–Trinajstić information content (AvgIpc) is 2.38. The predicted octanol–water partition coefficient (Wildman–Crippen LogP) is 3.05. The molecule has 1 unspecified atom stereocenters. The van der Waals surface area contributed by atoms with E-state index in [0.29, 0.717) is 12.0 Å². The molecule has 2 saturated carbocycles. The Kier molecular flexibility index (Phi) is 3.89. The largest absolute Gasteiger partial charge is 0.389 e.